The highest BCUT2D eigenvalue weighted by Gasteiger charge is 2.10. The minimum Gasteiger partial charge on any atom is -0.494 e. The summed E-state index contributed by atoms with van der Waals surface area (Å²) >= 11 is 0. The zero-order valence-corrected chi connectivity index (χ0v) is 13.8. The summed E-state index contributed by atoms with van der Waals surface area (Å²) in [5.74, 6) is 0.979. The molecule has 1 N–H and O–H groups in total. The fourth-order valence-electron chi connectivity index (χ4n) is 2.01. The van der Waals surface area contributed by atoms with Gasteiger partial charge in [0.05, 0.1) is 6.61 Å². The molecule has 0 amide bonds. The van der Waals surface area contributed by atoms with E-state index in [1.165, 1.54) is 12.0 Å². The van der Waals surface area contributed by atoms with Gasteiger partial charge in [-0.1, -0.05) is 39.8 Å². The van der Waals surface area contributed by atoms with Crippen LogP contribution >= 0.6 is 0 Å². The molecule has 1 aromatic carbocycles. The van der Waals surface area contributed by atoms with Crippen LogP contribution < -0.4 is 10.1 Å². The van der Waals surface area contributed by atoms with Crippen LogP contribution in [0.15, 0.2) is 24.3 Å². The minimum atomic E-state index is 0.334. The molecule has 2 nitrogen and oxygen atoms in total. The Kier molecular flexibility index (Phi) is 7.08. The van der Waals surface area contributed by atoms with Crippen LogP contribution in [0.4, 0.5) is 0 Å². The molecule has 0 heterocycles. The highest BCUT2D eigenvalue weighted by atomic mass is 16.5. The van der Waals surface area contributed by atoms with Crippen molar-refractivity contribution in [2.45, 2.75) is 59.9 Å². The van der Waals surface area contributed by atoms with Crippen LogP contribution in [0, 0.1) is 5.41 Å². The number of rotatable bonds is 8. The van der Waals surface area contributed by atoms with Crippen LogP contribution in [0.3, 0.4) is 0 Å². The van der Waals surface area contributed by atoms with E-state index in [-0.39, 0.29) is 0 Å². The molecule has 1 atom stereocenters. The van der Waals surface area contributed by atoms with Gasteiger partial charge in [0.25, 0.3) is 0 Å². The second-order valence-corrected chi connectivity index (χ2v) is 6.86. The molecule has 0 spiro atoms. The Morgan fingerprint density at radius 1 is 1.15 bits per heavy atom. The van der Waals surface area contributed by atoms with Crippen LogP contribution in [0.1, 0.15) is 53.0 Å². The molecule has 0 saturated carbocycles. The Balaban J connectivity index is 2.36. The van der Waals surface area contributed by atoms with Crippen LogP contribution in [0.2, 0.25) is 0 Å². The van der Waals surface area contributed by atoms with Gasteiger partial charge in [-0.2, -0.15) is 0 Å². The summed E-state index contributed by atoms with van der Waals surface area (Å²) in [7, 11) is 0. The van der Waals surface area contributed by atoms with E-state index in [0.717, 1.165) is 31.7 Å². The number of benzene rings is 1. The van der Waals surface area contributed by atoms with Crippen molar-refractivity contribution in [3.8, 4) is 5.75 Å². The maximum absolute atomic E-state index is 5.79. The van der Waals surface area contributed by atoms with Gasteiger partial charge in [0.15, 0.2) is 0 Å². The van der Waals surface area contributed by atoms with E-state index in [9.17, 15) is 0 Å². The first kappa shape index (κ1) is 17.0. The second kappa shape index (κ2) is 8.31. The van der Waals surface area contributed by atoms with Crippen LogP contribution in [0.5, 0.6) is 5.75 Å². The molecule has 0 aliphatic carbocycles. The summed E-state index contributed by atoms with van der Waals surface area (Å²) in [6.07, 6.45) is 3.33. The van der Waals surface area contributed by atoms with Crippen molar-refractivity contribution in [3.05, 3.63) is 29.8 Å². The van der Waals surface area contributed by atoms with Crippen molar-refractivity contribution in [3.63, 3.8) is 0 Å². The Bertz CT molecular complexity index is 364. The molecule has 0 fully saturated rings. The summed E-state index contributed by atoms with van der Waals surface area (Å²) in [5.41, 5.74) is 1.70. The molecule has 1 unspecified atom stereocenters. The number of hydrogen-bond donors (Lipinski definition) is 1. The summed E-state index contributed by atoms with van der Waals surface area (Å²) in [6.45, 7) is 13.0. The molecule has 114 valence electrons. The van der Waals surface area contributed by atoms with E-state index in [2.05, 4.69) is 64.2 Å². The van der Waals surface area contributed by atoms with Crippen molar-refractivity contribution in [1.29, 1.82) is 0 Å². The third-order valence-electron chi connectivity index (χ3n) is 3.33. The standard InChI is InChI=1S/C18H31NO/c1-6-12-19-15(2)14-16-7-9-17(10-8-16)20-13-11-18(3,4)5/h7-10,15,19H,6,11-14H2,1-5H3. The van der Waals surface area contributed by atoms with E-state index in [1.807, 2.05) is 0 Å². The molecule has 0 aliphatic rings. The monoisotopic (exact) mass is 277 g/mol. The molecular formula is C18H31NO. The average Bonchev–Trinajstić information content (AvgIpc) is 2.37. The average molecular weight is 277 g/mol. The van der Waals surface area contributed by atoms with Crippen LogP contribution in [-0.4, -0.2) is 19.2 Å². The van der Waals surface area contributed by atoms with E-state index >= 15 is 0 Å². The first-order valence-electron chi connectivity index (χ1n) is 7.86. The van der Waals surface area contributed by atoms with E-state index in [0.29, 0.717) is 11.5 Å². The lowest BCUT2D eigenvalue weighted by atomic mass is 9.93. The Labute approximate surface area is 124 Å². The smallest absolute Gasteiger partial charge is 0.119 e. The van der Waals surface area contributed by atoms with E-state index in [1.54, 1.807) is 0 Å². The van der Waals surface area contributed by atoms with Gasteiger partial charge in [-0.05, 0) is 55.8 Å². The topological polar surface area (TPSA) is 21.3 Å². The molecule has 1 rings (SSSR count). The first-order valence-corrected chi connectivity index (χ1v) is 7.86. The molecular weight excluding hydrogens is 246 g/mol. The van der Waals surface area contributed by atoms with Gasteiger partial charge in [0.1, 0.15) is 5.75 Å². The molecule has 2 heteroatoms. The lowest BCUT2D eigenvalue weighted by molar-refractivity contribution is 0.243. The largest absolute Gasteiger partial charge is 0.494 e. The summed E-state index contributed by atoms with van der Waals surface area (Å²) in [6, 6.07) is 9.06. The van der Waals surface area contributed by atoms with Crippen LogP contribution in [0.25, 0.3) is 0 Å². The number of hydrogen-bond acceptors (Lipinski definition) is 2. The summed E-state index contributed by atoms with van der Waals surface area (Å²) in [4.78, 5) is 0. The number of ether oxygens (including phenoxy) is 1. The van der Waals surface area contributed by atoms with Gasteiger partial charge in [-0.15, -0.1) is 0 Å². The van der Waals surface area contributed by atoms with Crippen molar-refractivity contribution >= 4 is 0 Å². The Morgan fingerprint density at radius 2 is 1.80 bits per heavy atom. The number of nitrogens with one attached hydrogen (secondary N) is 1. The molecule has 0 bridgehead atoms. The zero-order chi connectivity index (χ0) is 15.0. The SMILES string of the molecule is CCCNC(C)Cc1ccc(OCCC(C)(C)C)cc1. The second-order valence-electron chi connectivity index (χ2n) is 6.86. The summed E-state index contributed by atoms with van der Waals surface area (Å²) in [5, 5.41) is 3.52. The molecule has 1 aromatic rings. The van der Waals surface area contributed by atoms with Gasteiger partial charge < -0.3 is 10.1 Å². The van der Waals surface area contributed by atoms with E-state index in [4.69, 9.17) is 4.74 Å². The molecule has 0 aromatic heterocycles. The zero-order valence-electron chi connectivity index (χ0n) is 13.8. The predicted molar refractivity (Wildman–Crippen MR) is 87.5 cm³/mol. The maximum atomic E-state index is 5.79. The van der Waals surface area contributed by atoms with Gasteiger partial charge in [0, 0.05) is 6.04 Å². The third kappa shape index (κ3) is 7.54. The van der Waals surface area contributed by atoms with E-state index < -0.39 is 0 Å². The Morgan fingerprint density at radius 3 is 2.35 bits per heavy atom. The molecule has 0 aliphatic heterocycles. The highest BCUT2D eigenvalue weighted by molar-refractivity contribution is 5.27. The normalized spacial score (nSPS) is 13.2. The van der Waals surface area contributed by atoms with Crippen molar-refractivity contribution in [1.82, 2.24) is 5.32 Å². The van der Waals surface area contributed by atoms with Gasteiger partial charge in [-0.25, -0.2) is 0 Å². The summed E-state index contributed by atoms with van der Waals surface area (Å²) < 4.78 is 5.79. The first-order chi connectivity index (χ1) is 9.40. The predicted octanol–water partition coefficient (Wildman–Crippen LogP) is 4.43. The maximum Gasteiger partial charge on any atom is 0.119 e. The minimum absolute atomic E-state index is 0.334. The highest BCUT2D eigenvalue weighted by Crippen LogP contribution is 2.20. The third-order valence-corrected chi connectivity index (χ3v) is 3.33. The lowest BCUT2D eigenvalue weighted by Crippen LogP contribution is -2.28. The molecule has 20 heavy (non-hydrogen) atoms. The fraction of sp³-hybridized carbons (Fsp3) is 0.667. The van der Waals surface area contributed by atoms with Gasteiger partial charge in [-0.3, -0.25) is 0 Å². The van der Waals surface area contributed by atoms with Crippen molar-refractivity contribution in [2.24, 2.45) is 5.41 Å². The quantitative estimate of drug-likeness (QED) is 0.759. The fourth-order valence-corrected chi connectivity index (χ4v) is 2.01. The van der Waals surface area contributed by atoms with Crippen molar-refractivity contribution < 1.29 is 4.74 Å². The van der Waals surface area contributed by atoms with Crippen molar-refractivity contribution in [2.75, 3.05) is 13.2 Å². The lowest BCUT2D eigenvalue weighted by Gasteiger charge is -2.18. The van der Waals surface area contributed by atoms with Gasteiger partial charge >= 0.3 is 0 Å². The van der Waals surface area contributed by atoms with Crippen LogP contribution in [-0.2, 0) is 6.42 Å². The molecule has 0 radical (unpaired) electrons. The van der Waals surface area contributed by atoms with Gasteiger partial charge in [0.2, 0.25) is 0 Å². The Hall–Kier alpha value is -1.02. The molecule has 0 saturated heterocycles.